The first-order chi connectivity index (χ1) is 12.3. The number of nitrogens with zero attached hydrogens (tertiary/aromatic N) is 5. The Hall–Kier alpha value is -2.96. The summed E-state index contributed by atoms with van der Waals surface area (Å²) < 4.78 is 6.66. The minimum atomic E-state index is -0.00808. The number of hydrogen-bond acceptors (Lipinski definition) is 5. The molecule has 0 saturated carbocycles. The molecule has 0 unspecified atom stereocenters. The molecule has 2 aromatic heterocycles. The predicted molar refractivity (Wildman–Crippen MR) is 90.0 cm³/mol. The van der Waals surface area contributed by atoms with Crippen LogP contribution in [0.5, 0.6) is 0 Å². The van der Waals surface area contributed by atoms with Crippen LogP contribution in [0.2, 0.25) is 0 Å². The van der Waals surface area contributed by atoms with Crippen LogP contribution < -0.4 is 0 Å². The minimum absolute atomic E-state index is 0.00808. The molecule has 1 aliphatic heterocycles. The van der Waals surface area contributed by atoms with Gasteiger partial charge in [-0.15, -0.1) is 0 Å². The van der Waals surface area contributed by atoms with E-state index < -0.39 is 0 Å². The van der Waals surface area contributed by atoms with Crippen molar-refractivity contribution in [1.29, 1.82) is 0 Å². The van der Waals surface area contributed by atoms with Gasteiger partial charge in [0, 0.05) is 37.7 Å². The second-order valence-corrected chi connectivity index (χ2v) is 6.16. The Morgan fingerprint density at radius 1 is 1.20 bits per heavy atom. The number of rotatable bonds is 4. The Balaban J connectivity index is 1.65. The number of aromatic nitrogens is 4. The van der Waals surface area contributed by atoms with Gasteiger partial charge in [-0.05, 0) is 18.6 Å². The van der Waals surface area contributed by atoms with Crippen LogP contribution in [0.1, 0.15) is 40.6 Å². The smallest absolute Gasteiger partial charge is 0.272 e. The van der Waals surface area contributed by atoms with Gasteiger partial charge in [0.1, 0.15) is 5.69 Å². The lowest BCUT2D eigenvalue weighted by molar-refractivity contribution is 0.0776. The zero-order chi connectivity index (χ0) is 17.2. The van der Waals surface area contributed by atoms with Crippen LogP contribution in [0.25, 0.3) is 0 Å². The monoisotopic (exact) mass is 337 g/mol. The number of likely N-dealkylation sites (tertiary alicyclic amines) is 1. The van der Waals surface area contributed by atoms with Gasteiger partial charge in [0.05, 0.1) is 0 Å². The third-order valence-corrected chi connectivity index (χ3v) is 4.78. The van der Waals surface area contributed by atoms with Crippen LogP contribution in [0.3, 0.4) is 0 Å². The van der Waals surface area contributed by atoms with E-state index in [-0.39, 0.29) is 17.7 Å². The van der Waals surface area contributed by atoms with E-state index in [1.165, 1.54) is 12.0 Å². The zero-order valence-corrected chi connectivity index (χ0v) is 13.9. The maximum Gasteiger partial charge on any atom is 0.272 e. The van der Waals surface area contributed by atoms with Crippen molar-refractivity contribution in [3.8, 4) is 0 Å². The largest absolute Gasteiger partial charge is 0.343 e. The first-order valence-corrected chi connectivity index (χ1v) is 8.40. The third-order valence-electron chi connectivity index (χ3n) is 4.78. The van der Waals surface area contributed by atoms with Crippen molar-refractivity contribution < 1.29 is 9.32 Å². The summed E-state index contributed by atoms with van der Waals surface area (Å²) in [6.07, 6.45) is 3.01. The van der Waals surface area contributed by atoms with Crippen LogP contribution in [0, 0.1) is 0 Å². The molecule has 128 valence electrons. The van der Waals surface area contributed by atoms with Gasteiger partial charge < -0.3 is 9.42 Å². The van der Waals surface area contributed by atoms with E-state index >= 15 is 0 Å². The summed E-state index contributed by atoms with van der Waals surface area (Å²) in [5.74, 6) is 0.795. The average Bonchev–Trinajstić information content (AvgIpc) is 3.41. The average molecular weight is 337 g/mol. The quantitative estimate of drug-likeness (QED) is 0.730. The molecule has 4 rings (SSSR count). The van der Waals surface area contributed by atoms with Crippen molar-refractivity contribution in [3.63, 3.8) is 0 Å². The highest BCUT2D eigenvalue weighted by Gasteiger charge is 2.40. The lowest BCUT2D eigenvalue weighted by Crippen LogP contribution is -2.30. The number of amides is 1. The summed E-state index contributed by atoms with van der Waals surface area (Å²) in [5.41, 5.74) is 1.79. The maximum atomic E-state index is 13.0. The fourth-order valence-electron chi connectivity index (χ4n) is 3.54. The van der Waals surface area contributed by atoms with E-state index in [0.29, 0.717) is 31.2 Å². The standard InChI is InChI=1S/C18H19N5O2/c1-2-23-16(8-9-20-23)18(24)22-10-14(13-6-4-3-5-7-13)15(11-22)17-19-12-25-21-17/h3-9,12,14-15H,2,10-11H2,1H3/t14-,15-/m0/s1. The molecule has 1 amide bonds. The highest BCUT2D eigenvalue weighted by Crippen LogP contribution is 2.38. The molecule has 0 radical (unpaired) electrons. The highest BCUT2D eigenvalue weighted by molar-refractivity contribution is 5.92. The summed E-state index contributed by atoms with van der Waals surface area (Å²) in [6.45, 7) is 3.82. The van der Waals surface area contributed by atoms with E-state index in [9.17, 15) is 4.79 Å². The van der Waals surface area contributed by atoms with Gasteiger partial charge in [-0.1, -0.05) is 35.5 Å². The molecule has 7 heteroatoms. The molecule has 7 nitrogen and oxygen atoms in total. The topological polar surface area (TPSA) is 77.0 Å². The van der Waals surface area contributed by atoms with Crippen LogP contribution in [0.4, 0.5) is 0 Å². The summed E-state index contributed by atoms with van der Waals surface area (Å²) in [7, 11) is 0. The fraction of sp³-hybridized carbons (Fsp3) is 0.333. The van der Waals surface area contributed by atoms with Gasteiger partial charge >= 0.3 is 0 Å². The first-order valence-electron chi connectivity index (χ1n) is 8.40. The molecular weight excluding hydrogens is 318 g/mol. The maximum absolute atomic E-state index is 13.0. The third kappa shape index (κ3) is 2.82. The number of carbonyl (C=O) groups is 1. The van der Waals surface area contributed by atoms with Crippen molar-refractivity contribution in [2.45, 2.75) is 25.3 Å². The van der Waals surface area contributed by atoms with E-state index in [1.807, 2.05) is 30.0 Å². The number of hydrogen-bond donors (Lipinski definition) is 0. The molecule has 1 aliphatic rings. The lowest BCUT2D eigenvalue weighted by atomic mass is 9.88. The Labute approximate surface area is 145 Å². The van der Waals surface area contributed by atoms with Crippen LogP contribution in [-0.2, 0) is 6.54 Å². The molecule has 2 atom stereocenters. The van der Waals surface area contributed by atoms with E-state index in [1.54, 1.807) is 16.9 Å². The molecule has 0 spiro atoms. The Bertz CT molecular complexity index is 844. The number of aryl methyl sites for hydroxylation is 1. The molecule has 3 heterocycles. The lowest BCUT2D eigenvalue weighted by Gasteiger charge is -2.17. The van der Waals surface area contributed by atoms with Gasteiger partial charge in [-0.25, -0.2) is 0 Å². The summed E-state index contributed by atoms with van der Waals surface area (Å²) in [4.78, 5) is 19.1. The molecule has 25 heavy (non-hydrogen) atoms. The molecule has 1 fully saturated rings. The van der Waals surface area contributed by atoms with E-state index in [2.05, 4.69) is 27.4 Å². The fourth-order valence-corrected chi connectivity index (χ4v) is 3.54. The molecular formula is C18H19N5O2. The number of benzene rings is 1. The first kappa shape index (κ1) is 15.6. The Morgan fingerprint density at radius 2 is 2.00 bits per heavy atom. The van der Waals surface area contributed by atoms with Crippen molar-refractivity contribution in [2.24, 2.45) is 0 Å². The second kappa shape index (κ2) is 6.51. The van der Waals surface area contributed by atoms with Crippen LogP contribution in [0.15, 0.2) is 53.5 Å². The predicted octanol–water partition coefficient (Wildman–Crippen LogP) is 2.31. The number of carbonyl (C=O) groups excluding carboxylic acids is 1. The zero-order valence-electron chi connectivity index (χ0n) is 13.9. The van der Waals surface area contributed by atoms with Gasteiger partial charge in [0.25, 0.3) is 5.91 Å². The van der Waals surface area contributed by atoms with Gasteiger partial charge in [0.2, 0.25) is 6.39 Å². The molecule has 0 N–H and O–H groups in total. The van der Waals surface area contributed by atoms with Gasteiger partial charge in [0.15, 0.2) is 5.82 Å². The molecule has 0 aliphatic carbocycles. The van der Waals surface area contributed by atoms with Crippen molar-refractivity contribution in [3.05, 3.63) is 66.1 Å². The Kier molecular flexibility index (Phi) is 4.05. The van der Waals surface area contributed by atoms with Crippen molar-refractivity contribution in [2.75, 3.05) is 13.1 Å². The normalized spacial score (nSPS) is 20.1. The summed E-state index contributed by atoms with van der Waals surface area (Å²) >= 11 is 0. The summed E-state index contributed by atoms with van der Waals surface area (Å²) in [5, 5.41) is 8.23. The van der Waals surface area contributed by atoms with Crippen molar-refractivity contribution >= 4 is 5.91 Å². The van der Waals surface area contributed by atoms with Crippen molar-refractivity contribution in [1.82, 2.24) is 24.8 Å². The molecule has 1 aromatic carbocycles. The SMILES string of the molecule is CCn1nccc1C(=O)N1C[C@H](c2ncon2)[C@H](c2ccccc2)C1. The second-order valence-electron chi connectivity index (χ2n) is 6.16. The van der Waals surface area contributed by atoms with Gasteiger partial charge in [-0.3, -0.25) is 9.48 Å². The van der Waals surface area contributed by atoms with E-state index in [0.717, 1.165) is 0 Å². The van der Waals surface area contributed by atoms with E-state index in [4.69, 9.17) is 4.52 Å². The van der Waals surface area contributed by atoms with Gasteiger partial charge in [-0.2, -0.15) is 10.1 Å². The minimum Gasteiger partial charge on any atom is -0.343 e. The van der Waals surface area contributed by atoms with Crippen LogP contribution >= 0.6 is 0 Å². The Morgan fingerprint density at radius 3 is 2.72 bits per heavy atom. The molecule has 0 bridgehead atoms. The molecule has 3 aromatic rings. The summed E-state index contributed by atoms with van der Waals surface area (Å²) in [6, 6.07) is 12.0. The van der Waals surface area contributed by atoms with Crippen LogP contribution in [-0.4, -0.2) is 43.8 Å². The highest BCUT2D eigenvalue weighted by atomic mass is 16.5. The molecule has 1 saturated heterocycles.